The van der Waals surface area contributed by atoms with Crippen molar-refractivity contribution in [3.63, 3.8) is 0 Å². The molecule has 1 aliphatic rings. The second kappa shape index (κ2) is 5.98. The molecular weight excluding hydrogens is 260 g/mol. The van der Waals surface area contributed by atoms with Crippen LogP contribution in [0, 0.1) is 12.8 Å². The smallest absolute Gasteiger partial charge is 0.323 e. The van der Waals surface area contributed by atoms with Crippen LogP contribution in [0.5, 0.6) is 0 Å². The molecule has 2 amide bonds. The molecule has 0 aliphatic heterocycles. The van der Waals surface area contributed by atoms with Crippen molar-refractivity contribution in [1.29, 1.82) is 0 Å². The van der Waals surface area contributed by atoms with Crippen LogP contribution in [-0.2, 0) is 4.79 Å². The molecule has 110 valence electrons. The molecule has 0 saturated heterocycles. The van der Waals surface area contributed by atoms with Crippen LogP contribution >= 0.6 is 0 Å². The van der Waals surface area contributed by atoms with Gasteiger partial charge in [-0.1, -0.05) is 0 Å². The van der Waals surface area contributed by atoms with Gasteiger partial charge in [0.25, 0.3) is 0 Å². The molecule has 1 aromatic rings. The number of aliphatic carboxylic acids is 1. The molecule has 0 bridgehead atoms. The van der Waals surface area contributed by atoms with Crippen molar-refractivity contribution in [2.24, 2.45) is 5.92 Å². The average Bonchev–Trinajstić information content (AvgIpc) is 3.07. The van der Waals surface area contributed by atoms with Gasteiger partial charge in [-0.05, 0) is 44.7 Å². The maximum atomic E-state index is 12.1. The van der Waals surface area contributed by atoms with Gasteiger partial charge in [0.1, 0.15) is 18.1 Å². The highest BCUT2D eigenvalue weighted by Crippen LogP contribution is 2.29. The molecule has 6 heteroatoms. The molecule has 1 saturated carbocycles. The van der Waals surface area contributed by atoms with E-state index >= 15 is 0 Å². The minimum atomic E-state index is -0.998. The Morgan fingerprint density at radius 1 is 1.50 bits per heavy atom. The van der Waals surface area contributed by atoms with Gasteiger partial charge in [0.15, 0.2) is 0 Å². The third-order valence-electron chi connectivity index (χ3n) is 3.32. The van der Waals surface area contributed by atoms with E-state index in [0.717, 1.165) is 18.6 Å². The minimum absolute atomic E-state index is 0.272. The number of furan rings is 1. The van der Waals surface area contributed by atoms with E-state index in [1.165, 1.54) is 4.90 Å². The summed E-state index contributed by atoms with van der Waals surface area (Å²) in [4.78, 5) is 24.3. The van der Waals surface area contributed by atoms with E-state index in [2.05, 4.69) is 5.32 Å². The summed E-state index contributed by atoms with van der Waals surface area (Å²) < 4.78 is 5.45. The minimum Gasteiger partial charge on any atom is -0.480 e. The zero-order valence-corrected chi connectivity index (χ0v) is 11.8. The van der Waals surface area contributed by atoms with Gasteiger partial charge >= 0.3 is 12.0 Å². The first kappa shape index (κ1) is 14.4. The lowest BCUT2D eigenvalue weighted by molar-refractivity contribution is -0.137. The number of carboxylic acids is 1. The lowest BCUT2D eigenvalue weighted by Gasteiger charge is -2.23. The summed E-state index contributed by atoms with van der Waals surface area (Å²) in [6, 6.07) is 2.99. The fraction of sp³-hybridized carbons (Fsp3) is 0.571. The van der Waals surface area contributed by atoms with Crippen LogP contribution in [0.1, 0.15) is 37.3 Å². The molecule has 6 nitrogen and oxygen atoms in total. The van der Waals surface area contributed by atoms with E-state index in [9.17, 15) is 9.59 Å². The Morgan fingerprint density at radius 3 is 2.70 bits per heavy atom. The van der Waals surface area contributed by atoms with Crippen LogP contribution in [0.25, 0.3) is 0 Å². The molecule has 1 atom stereocenters. The molecule has 20 heavy (non-hydrogen) atoms. The number of carbonyl (C=O) groups is 2. The molecule has 0 aromatic carbocycles. The number of rotatable bonds is 6. The second-order valence-corrected chi connectivity index (χ2v) is 5.34. The number of carboxylic acid groups (broad SMARTS) is 1. The Labute approximate surface area is 117 Å². The first-order valence-corrected chi connectivity index (χ1v) is 6.79. The molecule has 0 radical (unpaired) electrons. The van der Waals surface area contributed by atoms with E-state index in [4.69, 9.17) is 9.52 Å². The van der Waals surface area contributed by atoms with Crippen LogP contribution < -0.4 is 5.32 Å². The summed E-state index contributed by atoms with van der Waals surface area (Å²) in [5.74, 6) is 0.891. The Hall–Kier alpha value is -1.98. The van der Waals surface area contributed by atoms with Gasteiger partial charge in [-0.3, -0.25) is 4.79 Å². The zero-order chi connectivity index (χ0) is 14.7. The van der Waals surface area contributed by atoms with E-state index in [-0.39, 0.29) is 18.6 Å². The van der Waals surface area contributed by atoms with Crippen molar-refractivity contribution in [3.05, 3.63) is 23.7 Å². The third-order valence-corrected chi connectivity index (χ3v) is 3.32. The van der Waals surface area contributed by atoms with Gasteiger partial charge in [0, 0.05) is 6.54 Å². The summed E-state index contributed by atoms with van der Waals surface area (Å²) in [5, 5.41) is 11.7. The Bertz CT molecular complexity index is 493. The van der Waals surface area contributed by atoms with E-state index in [1.807, 2.05) is 26.0 Å². The number of nitrogens with zero attached hydrogens (tertiary/aromatic N) is 1. The normalized spacial score (nSPS) is 15.7. The number of hydrogen-bond acceptors (Lipinski definition) is 3. The molecule has 1 fully saturated rings. The highest BCUT2D eigenvalue weighted by Gasteiger charge is 2.28. The second-order valence-electron chi connectivity index (χ2n) is 5.34. The molecular formula is C14H20N2O4. The number of hydrogen-bond donors (Lipinski definition) is 2. The number of carbonyl (C=O) groups excluding carboxylic acids is 1. The summed E-state index contributed by atoms with van der Waals surface area (Å²) in [5.41, 5.74) is 0. The first-order chi connectivity index (χ1) is 9.45. The topological polar surface area (TPSA) is 82.8 Å². The van der Waals surface area contributed by atoms with Gasteiger partial charge in [0.2, 0.25) is 0 Å². The molecule has 2 rings (SSSR count). The molecule has 1 aliphatic carbocycles. The lowest BCUT2D eigenvalue weighted by atomic mass is 10.2. The number of nitrogens with one attached hydrogen (secondary N) is 1. The van der Waals surface area contributed by atoms with Crippen molar-refractivity contribution in [2.75, 3.05) is 13.1 Å². The van der Waals surface area contributed by atoms with Crippen molar-refractivity contribution in [3.8, 4) is 0 Å². The van der Waals surface area contributed by atoms with Crippen LogP contribution in [0.2, 0.25) is 0 Å². The standard InChI is InChI=1S/C14H20N2O4/c1-9-3-6-12(20-9)10(2)15-14(19)16(8-13(17)18)7-11-4-5-11/h3,6,10-11H,4-5,7-8H2,1-2H3,(H,15,19)(H,17,18). The van der Waals surface area contributed by atoms with Gasteiger partial charge < -0.3 is 19.7 Å². The fourth-order valence-corrected chi connectivity index (χ4v) is 2.03. The highest BCUT2D eigenvalue weighted by atomic mass is 16.4. The van der Waals surface area contributed by atoms with Crippen molar-refractivity contribution < 1.29 is 19.1 Å². The summed E-state index contributed by atoms with van der Waals surface area (Å²) >= 11 is 0. The third kappa shape index (κ3) is 4.01. The Balaban J connectivity index is 1.94. The van der Waals surface area contributed by atoms with Gasteiger partial charge in [-0.25, -0.2) is 4.79 Å². The maximum Gasteiger partial charge on any atom is 0.323 e. The van der Waals surface area contributed by atoms with Crippen molar-refractivity contribution in [2.45, 2.75) is 32.7 Å². The average molecular weight is 280 g/mol. The van der Waals surface area contributed by atoms with Crippen molar-refractivity contribution in [1.82, 2.24) is 10.2 Å². The fourth-order valence-electron chi connectivity index (χ4n) is 2.03. The zero-order valence-electron chi connectivity index (χ0n) is 11.8. The predicted molar refractivity (Wildman–Crippen MR) is 72.3 cm³/mol. The number of amides is 2. The highest BCUT2D eigenvalue weighted by molar-refractivity contribution is 5.80. The SMILES string of the molecule is Cc1ccc(C(C)NC(=O)N(CC(=O)O)CC2CC2)o1. The molecule has 1 heterocycles. The van der Waals surface area contributed by atoms with E-state index in [1.54, 1.807) is 0 Å². The van der Waals surface area contributed by atoms with Crippen LogP contribution in [0.3, 0.4) is 0 Å². The maximum absolute atomic E-state index is 12.1. The Kier molecular flexibility index (Phi) is 4.32. The van der Waals surface area contributed by atoms with Gasteiger partial charge in [-0.15, -0.1) is 0 Å². The monoisotopic (exact) mass is 280 g/mol. The number of urea groups is 1. The predicted octanol–water partition coefficient (Wildman–Crippen LogP) is 2.16. The molecule has 2 N–H and O–H groups in total. The summed E-state index contributed by atoms with van der Waals surface area (Å²) in [6.07, 6.45) is 2.13. The van der Waals surface area contributed by atoms with Gasteiger partial charge in [-0.2, -0.15) is 0 Å². The first-order valence-electron chi connectivity index (χ1n) is 6.79. The molecule has 1 unspecified atom stereocenters. The quantitative estimate of drug-likeness (QED) is 0.836. The van der Waals surface area contributed by atoms with Crippen LogP contribution in [0.15, 0.2) is 16.5 Å². The van der Waals surface area contributed by atoms with Gasteiger partial charge in [0.05, 0.1) is 6.04 Å². The number of aryl methyl sites for hydroxylation is 1. The van der Waals surface area contributed by atoms with E-state index < -0.39 is 5.97 Å². The van der Waals surface area contributed by atoms with Crippen LogP contribution in [0.4, 0.5) is 4.79 Å². The van der Waals surface area contributed by atoms with Crippen LogP contribution in [-0.4, -0.2) is 35.1 Å². The van der Waals surface area contributed by atoms with E-state index in [0.29, 0.717) is 18.2 Å². The largest absolute Gasteiger partial charge is 0.480 e. The summed E-state index contributed by atoms with van der Waals surface area (Å²) in [6.45, 7) is 3.88. The van der Waals surface area contributed by atoms with Crippen molar-refractivity contribution >= 4 is 12.0 Å². The summed E-state index contributed by atoms with van der Waals surface area (Å²) in [7, 11) is 0. The molecule has 0 spiro atoms. The Morgan fingerprint density at radius 2 is 2.20 bits per heavy atom. The molecule has 1 aromatic heterocycles. The lowest BCUT2D eigenvalue weighted by Crippen LogP contribution is -2.44.